The Kier molecular flexibility index (Phi) is 5.44. The molecule has 0 saturated carbocycles. The summed E-state index contributed by atoms with van der Waals surface area (Å²) < 4.78 is 0. The van der Waals surface area contributed by atoms with Crippen molar-refractivity contribution in [1.29, 1.82) is 0 Å². The number of thioether (sulfide) groups is 1. The topological polar surface area (TPSA) is 62.2 Å². The molecule has 0 saturated heterocycles. The molecule has 0 bridgehead atoms. The minimum absolute atomic E-state index is 0.485. The fourth-order valence-electron chi connectivity index (χ4n) is 1.51. The molecule has 94 valence electrons. The highest BCUT2D eigenvalue weighted by Crippen LogP contribution is 2.18. The van der Waals surface area contributed by atoms with Crippen LogP contribution in [0.2, 0.25) is 0 Å². The second-order valence-electron chi connectivity index (χ2n) is 3.88. The SMILES string of the molecule is CCNC(CSc1cc(C)cc(C)n1)C(=O)O. The zero-order valence-corrected chi connectivity index (χ0v) is 11.2. The highest BCUT2D eigenvalue weighted by Gasteiger charge is 2.16. The molecule has 5 heteroatoms. The van der Waals surface area contributed by atoms with Crippen LogP contribution in [0.4, 0.5) is 0 Å². The van der Waals surface area contributed by atoms with Gasteiger partial charge in [-0.3, -0.25) is 4.79 Å². The maximum atomic E-state index is 10.9. The molecule has 0 fully saturated rings. The van der Waals surface area contributed by atoms with Crippen molar-refractivity contribution < 1.29 is 9.90 Å². The number of nitrogens with zero attached hydrogens (tertiary/aromatic N) is 1. The summed E-state index contributed by atoms with van der Waals surface area (Å²) >= 11 is 1.47. The second kappa shape index (κ2) is 6.61. The molecule has 0 aromatic carbocycles. The van der Waals surface area contributed by atoms with Crippen LogP contribution in [0.25, 0.3) is 0 Å². The molecule has 1 heterocycles. The number of carbonyl (C=O) groups is 1. The van der Waals surface area contributed by atoms with Gasteiger partial charge in [-0.1, -0.05) is 6.92 Å². The Morgan fingerprint density at radius 2 is 2.24 bits per heavy atom. The van der Waals surface area contributed by atoms with Crippen LogP contribution in [0.1, 0.15) is 18.2 Å². The largest absolute Gasteiger partial charge is 0.480 e. The molecule has 4 nitrogen and oxygen atoms in total. The predicted molar refractivity (Wildman–Crippen MR) is 69.5 cm³/mol. The number of nitrogens with one attached hydrogen (secondary N) is 1. The number of pyridine rings is 1. The average molecular weight is 254 g/mol. The number of carboxylic acid groups (broad SMARTS) is 1. The zero-order valence-electron chi connectivity index (χ0n) is 10.4. The molecule has 17 heavy (non-hydrogen) atoms. The Morgan fingerprint density at radius 3 is 2.76 bits per heavy atom. The molecular weight excluding hydrogens is 236 g/mol. The van der Waals surface area contributed by atoms with Crippen LogP contribution in [0.3, 0.4) is 0 Å². The summed E-state index contributed by atoms with van der Waals surface area (Å²) in [6.07, 6.45) is 0. The van der Waals surface area contributed by atoms with Gasteiger partial charge in [0, 0.05) is 11.4 Å². The molecule has 1 aromatic rings. The fourth-order valence-corrected chi connectivity index (χ4v) is 2.59. The molecule has 2 N–H and O–H groups in total. The first-order valence-corrected chi connectivity index (χ1v) is 6.55. The summed E-state index contributed by atoms with van der Waals surface area (Å²) in [6.45, 7) is 6.50. The highest BCUT2D eigenvalue weighted by molar-refractivity contribution is 7.99. The summed E-state index contributed by atoms with van der Waals surface area (Å²) in [5, 5.41) is 12.8. The number of likely N-dealkylation sites (N-methyl/N-ethyl adjacent to an activating group) is 1. The van der Waals surface area contributed by atoms with E-state index >= 15 is 0 Å². The van der Waals surface area contributed by atoms with Crippen LogP contribution >= 0.6 is 11.8 Å². The lowest BCUT2D eigenvalue weighted by atomic mass is 10.3. The normalized spacial score (nSPS) is 12.4. The number of aryl methyl sites for hydroxylation is 2. The average Bonchev–Trinajstić information content (AvgIpc) is 2.22. The van der Waals surface area contributed by atoms with Crippen molar-refractivity contribution in [3.05, 3.63) is 23.4 Å². The van der Waals surface area contributed by atoms with Gasteiger partial charge in [0.2, 0.25) is 0 Å². The molecule has 0 radical (unpaired) electrons. The monoisotopic (exact) mass is 254 g/mol. The maximum absolute atomic E-state index is 10.9. The third kappa shape index (κ3) is 4.75. The molecule has 0 aliphatic heterocycles. The van der Waals surface area contributed by atoms with Crippen LogP contribution in [-0.4, -0.2) is 34.4 Å². The van der Waals surface area contributed by atoms with Crippen molar-refractivity contribution in [2.45, 2.75) is 31.8 Å². The first-order valence-electron chi connectivity index (χ1n) is 5.57. The molecular formula is C12H18N2O2S. The van der Waals surface area contributed by atoms with Gasteiger partial charge in [0.1, 0.15) is 6.04 Å². The molecule has 0 aliphatic rings. The highest BCUT2D eigenvalue weighted by atomic mass is 32.2. The van der Waals surface area contributed by atoms with Crippen molar-refractivity contribution in [3.63, 3.8) is 0 Å². The molecule has 1 aromatic heterocycles. The lowest BCUT2D eigenvalue weighted by Crippen LogP contribution is -2.38. The molecule has 1 atom stereocenters. The van der Waals surface area contributed by atoms with Gasteiger partial charge in [-0.25, -0.2) is 4.98 Å². The van der Waals surface area contributed by atoms with Crippen LogP contribution in [0, 0.1) is 13.8 Å². The summed E-state index contributed by atoms with van der Waals surface area (Å²) in [5.41, 5.74) is 2.11. The minimum atomic E-state index is -0.816. The summed E-state index contributed by atoms with van der Waals surface area (Å²) in [5.74, 6) is -0.331. The fraction of sp³-hybridized carbons (Fsp3) is 0.500. The first kappa shape index (κ1) is 14.0. The summed E-state index contributed by atoms with van der Waals surface area (Å²) in [6, 6.07) is 3.46. The quantitative estimate of drug-likeness (QED) is 0.759. The zero-order chi connectivity index (χ0) is 12.8. The summed E-state index contributed by atoms with van der Waals surface area (Å²) in [4.78, 5) is 15.3. The first-order chi connectivity index (χ1) is 8.02. The van der Waals surface area contributed by atoms with Crippen LogP contribution in [-0.2, 0) is 4.79 Å². The molecule has 0 amide bonds. The van der Waals surface area contributed by atoms with E-state index in [2.05, 4.69) is 10.3 Å². The third-order valence-corrected chi connectivity index (χ3v) is 3.23. The van der Waals surface area contributed by atoms with Gasteiger partial charge >= 0.3 is 5.97 Å². The van der Waals surface area contributed by atoms with Gasteiger partial charge in [-0.15, -0.1) is 11.8 Å². The maximum Gasteiger partial charge on any atom is 0.321 e. The van der Waals surface area contributed by atoms with Gasteiger partial charge in [0.15, 0.2) is 0 Å². The van der Waals surface area contributed by atoms with Crippen LogP contribution in [0.15, 0.2) is 17.2 Å². The van der Waals surface area contributed by atoms with Crippen molar-refractivity contribution in [1.82, 2.24) is 10.3 Å². The van der Waals surface area contributed by atoms with Crippen molar-refractivity contribution in [3.8, 4) is 0 Å². The van der Waals surface area contributed by atoms with Gasteiger partial charge in [0.25, 0.3) is 0 Å². The Balaban J connectivity index is 2.61. The molecule has 0 spiro atoms. The second-order valence-corrected chi connectivity index (χ2v) is 4.92. The number of hydrogen-bond acceptors (Lipinski definition) is 4. The lowest BCUT2D eigenvalue weighted by Gasteiger charge is -2.12. The number of aliphatic carboxylic acids is 1. The minimum Gasteiger partial charge on any atom is -0.480 e. The Bertz CT molecular complexity index is 376. The van der Waals surface area contributed by atoms with E-state index in [-0.39, 0.29) is 0 Å². The van der Waals surface area contributed by atoms with E-state index in [4.69, 9.17) is 5.11 Å². The number of hydrogen-bond donors (Lipinski definition) is 2. The van der Waals surface area contributed by atoms with Crippen LogP contribution in [0.5, 0.6) is 0 Å². The number of aromatic nitrogens is 1. The van der Waals surface area contributed by atoms with Gasteiger partial charge < -0.3 is 10.4 Å². The van der Waals surface area contributed by atoms with E-state index in [0.29, 0.717) is 12.3 Å². The van der Waals surface area contributed by atoms with Gasteiger partial charge in [-0.2, -0.15) is 0 Å². The molecule has 1 rings (SSSR count). The van der Waals surface area contributed by atoms with E-state index < -0.39 is 12.0 Å². The standard InChI is InChI=1S/C12H18N2O2S/c1-4-13-10(12(15)16)7-17-11-6-8(2)5-9(3)14-11/h5-6,10,13H,4,7H2,1-3H3,(H,15,16). The van der Waals surface area contributed by atoms with Crippen LogP contribution < -0.4 is 5.32 Å². The predicted octanol–water partition coefficient (Wildman–Crippen LogP) is 1.85. The number of rotatable bonds is 6. The van der Waals surface area contributed by atoms with E-state index in [0.717, 1.165) is 16.3 Å². The smallest absolute Gasteiger partial charge is 0.321 e. The Hall–Kier alpha value is -1.07. The van der Waals surface area contributed by atoms with E-state index in [1.54, 1.807) is 0 Å². The molecule has 0 aliphatic carbocycles. The van der Waals surface area contributed by atoms with Gasteiger partial charge in [-0.05, 0) is 38.1 Å². The molecule has 1 unspecified atom stereocenters. The van der Waals surface area contributed by atoms with Crippen molar-refractivity contribution >= 4 is 17.7 Å². The van der Waals surface area contributed by atoms with E-state index in [9.17, 15) is 4.79 Å². The lowest BCUT2D eigenvalue weighted by molar-refractivity contribution is -0.138. The van der Waals surface area contributed by atoms with Gasteiger partial charge in [0.05, 0.1) is 5.03 Å². The summed E-state index contributed by atoms with van der Waals surface area (Å²) in [7, 11) is 0. The van der Waals surface area contributed by atoms with Crippen molar-refractivity contribution in [2.75, 3.05) is 12.3 Å². The number of carboxylic acids is 1. The third-order valence-electron chi connectivity index (χ3n) is 2.22. The van der Waals surface area contributed by atoms with Crippen molar-refractivity contribution in [2.24, 2.45) is 0 Å². The van der Waals surface area contributed by atoms with E-state index in [1.807, 2.05) is 32.9 Å². The Labute approximate surface area is 106 Å². The Morgan fingerprint density at radius 1 is 1.53 bits per heavy atom. The van der Waals surface area contributed by atoms with E-state index in [1.165, 1.54) is 11.8 Å².